The summed E-state index contributed by atoms with van der Waals surface area (Å²) in [6.45, 7) is 6.21. The number of furan rings is 1. The van der Waals surface area contributed by atoms with E-state index in [-0.39, 0.29) is 16.5 Å². The third-order valence-electron chi connectivity index (χ3n) is 5.32. The number of benzene rings is 1. The standard InChI is InChI=1S/C22H23ClN4O3/c1-15-12-18(16(2)30-15)21(28)26-10-8-25(9-11-26)19-13-24-27(22(29)20(19)23)14-17-6-4-3-5-7-17/h3-7,12-13H,8-11,14H2,1-2H3. The van der Waals surface area contributed by atoms with Gasteiger partial charge in [-0.3, -0.25) is 9.59 Å². The highest BCUT2D eigenvalue weighted by atomic mass is 35.5. The van der Waals surface area contributed by atoms with Gasteiger partial charge in [0.05, 0.1) is 24.0 Å². The van der Waals surface area contributed by atoms with Crippen molar-refractivity contribution in [3.63, 3.8) is 0 Å². The van der Waals surface area contributed by atoms with Crippen molar-refractivity contribution < 1.29 is 9.21 Å². The fourth-order valence-corrected chi connectivity index (χ4v) is 3.98. The Balaban J connectivity index is 1.46. The number of carbonyl (C=O) groups is 1. The van der Waals surface area contributed by atoms with Crippen LogP contribution in [0.3, 0.4) is 0 Å². The van der Waals surface area contributed by atoms with E-state index in [2.05, 4.69) is 5.10 Å². The van der Waals surface area contributed by atoms with Crippen molar-refractivity contribution in [2.24, 2.45) is 0 Å². The van der Waals surface area contributed by atoms with E-state index in [9.17, 15) is 9.59 Å². The zero-order valence-electron chi connectivity index (χ0n) is 17.0. The molecule has 30 heavy (non-hydrogen) atoms. The van der Waals surface area contributed by atoms with Gasteiger partial charge >= 0.3 is 0 Å². The van der Waals surface area contributed by atoms with E-state index in [4.69, 9.17) is 16.0 Å². The predicted octanol–water partition coefficient (Wildman–Crippen LogP) is 3.12. The second-order valence-corrected chi connectivity index (χ2v) is 7.78. The quantitative estimate of drug-likeness (QED) is 0.641. The SMILES string of the molecule is Cc1cc(C(=O)N2CCN(c3cnn(Cc4ccccc4)c(=O)c3Cl)CC2)c(C)o1. The molecule has 7 nitrogen and oxygen atoms in total. The molecule has 3 aromatic rings. The molecule has 1 fully saturated rings. The summed E-state index contributed by atoms with van der Waals surface area (Å²) in [5.74, 6) is 1.32. The lowest BCUT2D eigenvalue weighted by Crippen LogP contribution is -2.49. The number of hydrogen-bond acceptors (Lipinski definition) is 5. The molecule has 0 unspecified atom stereocenters. The third kappa shape index (κ3) is 3.98. The third-order valence-corrected chi connectivity index (χ3v) is 5.68. The van der Waals surface area contributed by atoms with E-state index < -0.39 is 0 Å². The molecule has 0 bridgehead atoms. The molecule has 0 saturated carbocycles. The first kappa shape index (κ1) is 20.2. The largest absolute Gasteiger partial charge is 0.466 e. The molecular weight excluding hydrogens is 404 g/mol. The summed E-state index contributed by atoms with van der Waals surface area (Å²) in [6, 6.07) is 11.4. The molecule has 4 rings (SSSR count). The van der Waals surface area contributed by atoms with Gasteiger partial charge in [0.2, 0.25) is 0 Å². The van der Waals surface area contributed by atoms with Crippen LogP contribution in [0.15, 0.2) is 51.8 Å². The Hall–Kier alpha value is -3.06. The Labute approximate surface area is 179 Å². The van der Waals surface area contributed by atoms with Crippen molar-refractivity contribution in [2.45, 2.75) is 20.4 Å². The van der Waals surface area contributed by atoms with Crippen molar-refractivity contribution in [3.8, 4) is 0 Å². The van der Waals surface area contributed by atoms with Crippen LogP contribution in [0.1, 0.15) is 27.4 Å². The van der Waals surface area contributed by atoms with Crippen LogP contribution in [0, 0.1) is 13.8 Å². The molecule has 0 N–H and O–H groups in total. The number of anilines is 1. The van der Waals surface area contributed by atoms with Crippen LogP contribution in [0.25, 0.3) is 0 Å². The van der Waals surface area contributed by atoms with Gasteiger partial charge in [-0.2, -0.15) is 5.10 Å². The van der Waals surface area contributed by atoms with E-state index in [1.54, 1.807) is 24.1 Å². The normalized spacial score (nSPS) is 14.2. The minimum atomic E-state index is -0.318. The molecule has 3 heterocycles. The lowest BCUT2D eigenvalue weighted by molar-refractivity contribution is 0.0745. The first-order valence-corrected chi connectivity index (χ1v) is 10.2. The Morgan fingerprint density at radius 3 is 2.47 bits per heavy atom. The number of carbonyl (C=O) groups excluding carboxylic acids is 1. The minimum absolute atomic E-state index is 0.0356. The molecule has 0 spiro atoms. The molecule has 0 aliphatic carbocycles. The van der Waals surface area contributed by atoms with Gasteiger partial charge < -0.3 is 14.2 Å². The average Bonchev–Trinajstić information content (AvgIpc) is 3.10. The number of amides is 1. The summed E-state index contributed by atoms with van der Waals surface area (Å²) in [4.78, 5) is 29.3. The summed E-state index contributed by atoms with van der Waals surface area (Å²) in [5, 5.41) is 4.47. The van der Waals surface area contributed by atoms with Gasteiger partial charge in [0, 0.05) is 26.2 Å². The molecule has 0 atom stereocenters. The molecule has 8 heteroatoms. The molecule has 2 aromatic heterocycles. The number of halogens is 1. The lowest BCUT2D eigenvalue weighted by Gasteiger charge is -2.36. The van der Waals surface area contributed by atoms with Crippen molar-refractivity contribution >= 4 is 23.2 Å². The Bertz CT molecular complexity index is 1120. The van der Waals surface area contributed by atoms with Gasteiger partial charge in [-0.25, -0.2) is 4.68 Å². The summed E-state index contributed by atoms with van der Waals surface area (Å²) < 4.78 is 6.84. The van der Waals surface area contributed by atoms with Crippen LogP contribution in [0.2, 0.25) is 5.02 Å². The Morgan fingerprint density at radius 2 is 1.83 bits per heavy atom. The second kappa shape index (κ2) is 8.36. The molecule has 0 radical (unpaired) electrons. The van der Waals surface area contributed by atoms with Gasteiger partial charge in [0.25, 0.3) is 11.5 Å². The molecular formula is C22H23ClN4O3. The average molecular weight is 427 g/mol. The molecule has 1 aliphatic heterocycles. The summed E-state index contributed by atoms with van der Waals surface area (Å²) in [5.41, 5.74) is 1.87. The van der Waals surface area contributed by atoms with Crippen LogP contribution in [-0.2, 0) is 6.54 Å². The van der Waals surface area contributed by atoms with E-state index in [0.29, 0.717) is 49.7 Å². The predicted molar refractivity (Wildman–Crippen MR) is 115 cm³/mol. The van der Waals surface area contributed by atoms with E-state index in [1.807, 2.05) is 42.2 Å². The van der Waals surface area contributed by atoms with Gasteiger partial charge in [-0.15, -0.1) is 0 Å². The fourth-order valence-electron chi connectivity index (χ4n) is 3.71. The number of hydrogen-bond donors (Lipinski definition) is 0. The van der Waals surface area contributed by atoms with Crippen molar-refractivity contribution in [3.05, 3.63) is 80.6 Å². The minimum Gasteiger partial charge on any atom is -0.466 e. The van der Waals surface area contributed by atoms with Crippen LogP contribution in [0.4, 0.5) is 5.69 Å². The molecule has 1 saturated heterocycles. The second-order valence-electron chi connectivity index (χ2n) is 7.40. The first-order valence-electron chi connectivity index (χ1n) is 9.85. The lowest BCUT2D eigenvalue weighted by atomic mass is 10.2. The number of aromatic nitrogens is 2. The highest BCUT2D eigenvalue weighted by molar-refractivity contribution is 6.33. The molecule has 1 amide bonds. The molecule has 156 valence electrons. The van der Waals surface area contributed by atoms with Gasteiger partial charge in [0.1, 0.15) is 16.5 Å². The maximum Gasteiger partial charge on any atom is 0.287 e. The van der Waals surface area contributed by atoms with Gasteiger partial charge in [-0.05, 0) is 25.5 Å². The number of rotatable bonds is 4. The summed E-state index contributed by atoms with van der Waals surface area (Å²) in [6.07, 6.45) is 1.63. The van der Waals surface area contributed by atoms with Crippen molar-refractivity contribution in [1.82, 2.24) is 14.7 Å². The van der Waals surface area contributed by atoms with E-state index >= 15 is 0 Å². The highest BCUT2D eigenvalue weighted by Crippen LogP contribution is 2.24. The number of piperazine rings is 1. The molecule has 1 aliphatic rings. The van der Waals surface area contributed by atoms with E-state index in [1.165, 1.54) is 4.68 Å². The van der Waals surface area contributed by atoms with Crippen LogP contribution >= 0.6 is 11.6 Å². The van der Waals surface area contributed by atoms with Crippen molar-refractivity contribution in [2.75, 3.05) is 31.1 Å². The highest BCUT2D eigenvalue weighted by Gasteiger charge is 2.26. The Kier molecular flexibility index (Phi) is 5.63. The monoisotopic (exact) mass is 426 g/mol. The smallest absolute Gasteiger partial charge is 0.287 e. The number of nitrogens with zero attached hydrogens (tertiary/aromatic N) is 4. The van der Waals surface area contributed by atoms with Crippen LogP contribution < -0.4 is 10.5 Å². The summed E-state index contributed by atoms with van der Waals surface area (Å²) >= 11 is 6.41. The summed E-state index contributed by atoms with van der Waals surface area (Å²) in [7, 11) is 0. The van der Waals surface area contributed by atoms with Gasteiger partial charge in [-0.1, -0.05) is 41.9 Å². The zero-order chi connectivity index (χ0) is 21.3. The maximum atomic E-state index is 12.8. The van der Waals surface area contributed by atoms with Gasteiger partial charge in [0.15, 0.2) is 0 Å². The van der Waals surface area contributed by atoms with Crippen LogP contribution in [0.5, 0.6) is 0 Å². The first-order chi connectivity index (χ1) is 14.4. The van der Waals surface area contributed by atoms with Crippen molar-refractivity contribution in [1.29, 1.82) is 0 Å². The Morgan fingerprint density at radius 1 is 1.13 bits per heavy atom. The maximum absolute atomic E-state index is 12.8. The number of aryl methyl sites for hydroxylation is 2. The van der Waals surface area contributed by atoms with E-state index in [0.717, 1.165) is 11.3 Å². The zero-order valence-corrected chi connectivity index (χ0v) is 17.7. The van der Waals surface area contributed by atoms with Crippen LogP contribution in [-0.4, -0.2) is 46.8 Å². The topological polar surface area (TPSA) is 71.6 Å². The fraction of sp³-hybridized carbons (Fsp3) is 0.318. The molecule has 1 aromatic carbocycles.